The highest BCUT2D eigenvalue weighted by Crippen LogP contribution is 2.30. The average molecular weight is 486 g/mol. The number of halogens is 1. The van der Waals surface area contributed by atoms with Crippen molar-refractivity contribution in [3.8, 4) is 17.4 Å². The number of hydrogen-bond donors (Lipinski definition) is 2. The summed E-state index contributed by atoms with van der Waals surface area (Å²) in [6, 6.07) is 13.8. The van der Waals surface area contributed by atoms with Crippen molar-refractivity contribution in [1.29, 1.82) is 0 Å². The summed E-state index contributed by atoms with van der Waals surface area (Å²) in [5, 5.41) is 11.8. The standard InChI is InChI=1S/C26H24FN7O2/c1-34-14-16-2-4-19(13-22(16)33-34)35-23-6-3-17(12-20(23)27)31-26-25-21(29-15-30-26)5-7-24(32-25)36-18-8-10-28-11-9-18/h2-7,12-15,18,28H,8-11H2,1H3,(H,29,30,31). The SMILES string of the molecule is Cn1cc2ccc(Oc3ccc(Nc4ncnc5ccc(OC6CCNCC6)nc45)cc3F)cc2n1. The van der Waals surface area contributed by atoms with Crippen LogP contribution in [-0.2, 0) is 7.05 Å². The third-order valence-electron chi connectivity index (χ3n) is 6.05. The first-order valence-electron chi connectivity index (χ1n) is 11.8. The minimum Gasteiger partial charge on any atom is -0.474 e. The van der Waals surface area contributed by atoms with Gasteiger partial charge in [0.2, 0.25) is 5.88 Å². The monoisotopic (exact) mass is 485 g/mol. The van der Waals surface area contributed by atoms with Gasteiger partial charge in [0.1, 0.15) is 23.7 Å². The molecule has 1 saturated heterocycles. The van der Waals surface area contributed by atoms with E-state index in [4.69, 9.17) is 9.47 Å². The first-order valence-corrected chi connectivity index (χ1v) is 11.8. The number of rotatable bonds is 6. The van der Waals surface area contributed by atoms with Crippen molar-refractivity contribution in [3.63, 3.8) is 0 Å². The molecule has 0 aliphatic carbocycles. The van der Waals surface area contributed by atoms with Crippen molar-refractivity contribution in [2.45, 2.75) is 18.9 Å². The van der Waals surface area contributed by atoms with Crippen LogP contribution in [0.25, 0.3) is 21.9 Å². The van der Waals surface area contributed by atoms with E-state index in [1.54, 1.807) is 28.9 Å². The Morgan fingerprint density at radius 1 is 1.03 bits per heavy atom. The molecule has 182 valence electrons. The van der Waals surface area contributed by atoms with E-state index >= 15 is 0 Å². The molecule has 6 rings (SSSR count). The number of pyridine rings is 1. The van der Waals surface area contributed by atoms with Gasteiger partial charge in [0, 0.05) is 42.5 Å². The molecule has 1 aliphatic heterocycles. The third-order valence-corrected chi connectivity index (χ3v) is 6.05. The fourth-order valence-electron chi connectivity index (χ4n) is 4.27. The summed E-state index contributed by atoms with van der Waals surface area (Å²) in [6.07, 6.45) is 5.34. The van der Waals surface area contributed by atoms with Gasteiger partial charge in [-0.2, -0.15) is 5.10 Å². The molecule has 4 heterocycles. The fourth-order valence-corrected chi connectivity index (χ4v) is 4.27. The molecule has 36 heavy (non-hydrogen) atoms. The number of fused-ring (bicyclic) bond motifs is 2. The maximum Gasteiger partial charge on any atom is 0.214 e. The third kappa shape index (κ3) is 4.63. The van der Waals surface area contributed by atoms with E-state index in [1.807, 2.05) is 31.4 Å². The molecule has 5 aromatic rings. The Bertz CT molecular complexity index is 1550. The van der Waals surface area contributed by atoms with E-state index in [0.29, 0.717) is 34.2 Å². The summed E-state index contributed by atoms with van der Waals surface area (Å²) >= 11 is 0. The number of aryl methyl sites for hydroxylation is 1. The first-order chi connectivity index (χ1) is 17.6. The van der Waals surface area contributed by atoms with Crippen LogP contribution >= 0.6 is 0 Å². The molecule has 0 unspecified atom stereocenters. The Balaban J connectivity index is 1.22. The molecule has 2 N–H and O–H groups in total. The second-order valence-corrected chi connectivity index (χ2v) is 8.70. The van der Waals surface area contributed by atoms with Crippen molar-refractivity contribution in [1.82, 2.24) is 30.0 Å². The molecular weight excluding hydrogens is 461 g/mol. The molecule has 0 spiro atoms. The van der Waals surface area contributed by atoms with E-state index < -0.39 is 5.82 Å². The van der Waals surface area contributed by atoms with Crippen LogP contribution in [0.3, 0.4) is 0 Å². The maximum atomic E-state index is 14.9. The minimum absolute atomic E-state index is 0.110. The molecule has 0 radical (unpaired) electrons. The zero-order valence-electron chi connectivity index (χ0n) is 19.6. The Morgan fingerprint density at radius 3 is 2.78 bits per heavy atom. The molecule has 0 bridgehead atoms. The molecule has 9 nitrogen and oxygen atoms in total. The van der Waals surface area contributed by atoms with E-state index in [2.05, 4.69) is 30.7 Å². The van der Waals surface area contributed by atoms with Gasteiger partial charge < -0.3 is 20.1 Å². The zero-order chi connectivity index (χ0) is 24.5. The Morgan fingerprint density at radius 2 is 1.92 bits per heavy atom. The number of ether oxygens (including phenoxy) is 2. The van der Waals surface area contributed by atoms with Gasteiger partial charge in [-0.25, -0.2) is 19.3 Å². The summed E-state index contributed by atoms with van der Waals surface area (Å²) < 4.78 is 28.5. The number of hydrogen-bond acceptors (Lipinski definition) is 8. The van der Waals surface area contributed by atoms with Gasteiger partial charge in [-0.1, -0.05) is 0 Å². The van der Waals surface area contributed by atoms with Gasteiger partial charge in [-0.3, -0.25) is 4.68 Å². The zero-order valence-corrected chi connectivity index (χ0v) is 19.6. The van der Waals surface area contributed by atoms with E-state index in [9.17, 15) is 4.39 Å². The van der Waals surface area contributed by atoms with Crippen LogP contribution in [0.5, 0.6) is 17.4 Å². The quantitative estimate of drug-likeness (QED) is 0.357. The van der Waals surface area contributed by atoms with Crippen molar-refractivity contribution in [2.75, 3.05) is 18.4 Å². The fraction of sp³-hybridized carbons (Fsp3) is 0.231. The van der Waals surface area contributed by atoms with Crippen LogP contribution < -0.4 is 20.1 Å². The van der Waals surface area contributed by atoms with E-state index in [1.165, 1.54) is 12.4 Å². The number of anilines is 2. The number of benzene rings is 2. The highest BCUT2D eigenvalue weighted by Gasteiger charge is 2.16. The lowest BCUT2D eigenvalue weighted by atomic mass is 10.1. The molecule has 1 fully saturated rings. The molecule has 3 aromatic heterocycles. The van der Waals surface area contributed by atoms with Crippen molar-refractivity contribution in [3.05, 3.63) is 66.9 Å². The molecular formula is C26H24FN7O2. The molecule has 2 aromatic carbocycles. The average Bonchev–Trinajstić information content (AvgIpc) is 3.26. The normalized spacial score (nSPS) is 14.3. The number of piperidine rings is 1. The topological polar surface area (TPSA) is 99.0 Å². The van der Waals surface area contributed by atoms with Gasteiger partial charge in [-0.15, -0.1) is 0 Å². The summed E-state index contributed by atoms with van der Waals surface area (Å²) in [5.74, 6) is 1.09. The van der Waals surface area contributed by atoms with Crippen LogP contribution in [0.4, 0.5) is 15.9 Å². The number of nitrogens with zero attached hydrogens (tertiary/aromatic N) is 5. The van der Waals surface area contributed by atoms with Gasteiger partial charge >= 0.3 is 0 Å². The van der Waals surface area contributed by atoms with Gasteiger partial charge in [0.25, 0.3) is 0 Å². The smallest absolute Gasteiger partial charge is 0.214 e. The predicted molar refractivity (Wildman–Crippen MR) is 134 cm³/mol. The van der Waals surface area contributed by atoms with E-state index in [0.717, 1.165) is 36.8 Å². The van der Waals surface area contributed by atoms with Crippen LogP contribution in [0.1, 0.15) is 12.8 Å². The predicted octanol–water partition coefficient (Wildman–Crippen LogP) is 4.72. The summed E-state index contributed by atoms with van der Waals surface area (Å²) in [6.45, 7) is 1.86. The molecule has 1 aliphatic rings. The van der Waals surface area contributed by atoms with Crippen LogP contribution in [0.2, 0.25) is 0 Å². The second kappa shape index (κ2) is 9.38. The number of nitrogens with one attached hydrogen (secondary N) is 2. The number of aromatic nitrogens is 5. The molecule has 10 heteroatoms. The lowest BCUT2D eigenvalue weighted by Crippen LogP contribution is -2.34. The summed E-state index contributed by atoms with van der Waals surface area (Å²) in [7, 11) is 1.85. The highest BCUT2D eigenvalue weighted by atomic mass is 19.1. The lowest BCUT2D eigenvalue weighted by molar-refractivity contribution is 0.156. The van der Waals surface area contributed by atoms with Crippen LogP contribution in [-0.4, -0.2) is 43.9 Å². The Kier molecular flexibility index (Phi) is 5.78. The lowest BCUT2D eigenvalue weighted by Gasteiger charge is -2.23. The van der Waals surface area contributed by atoms with Crippen molar-refractivity contribution in [2.24, 2.45) is 7.05 Å². The molecule has 0 saturated carbocycles. The molecule has 0 amide bonds. The van der Waals surface area contributed by atoms with Crippen LogP contribution in [0.15, 0.2) is 61.1 Å². The largest absolute Gasteiger partial charge is 0.474 e. The van der Waals surface area contributed by atoms with Crippen molar-refractivity contribution >= 4 is 33.4 Å². The van der Waals surface area contributed by atoms with Gasteiger partial charge in [0.15, 0.2) is 17.4 Å². The van der Waals surface area contributed by atoms with Crippen molar-refractivity contribution < 1.29 is 13.9 Å². The Labute approximate surface area is 206 Å². The minimum atomic E-state index is -0.512. The second-order valence-electron chi connectivity index (χ2n) is 8.70. The Hall–Kier alpha value is -4.31. The van der Waals surface area contributed by atoms with Crippen LogP contribution in [0, 0.1) is 5.82 Å². The van der Waals surface area contributed by atoms with Gasteiger partial charge in [-0.05, 0) is 56.3 Å². The first kappa shape index (κ1) is 22.2. The summed E-state index contributed by atoms with van der Waals surface area (Å²) in [4.78, 5) is 13.3. The maximum absolute atomic E-state index is 14.9. The summed E-state index contributed by atoms with van der Waals surface area (Å²) in [5.41, 5.74) is 2.50. The highest BCUT2D eigenvalue weighted by molar-refractivity contribution is 5.87. The molecule has 0 atom stereocenters. The van der Waals surface area contributed by atoms with Gasteiger partial charge in [0.05, 0.1) is 11.0 Å². The van der Waals surface area contributed by atoms with E-state index in [-0.39, 0.29) is 11.9 Å².